The average Bonchev–Trinajstić information content (AvgIpc) is 2.81. The Morgan fingerprint density at radius 1 is 1.09 bits per heavy atom. The van der Waals surface area contributed by atoms with Gasteiger partial charge < -0.3 is 5.32 Å². The molecule has 1 amide bonds. The van der Waals surface area contributed by atoms with Crippen molar-refractivity contribution < 1.29 is 17.6 Å². The Morgan fingerprint density at radius 2 is 1.74 bits per heavy atom. The minimum atomic E-state index is -3.67. The summed E-state index contributed by atoms with van der Waals surface area (Å²) < 4.78 is 40.2. The highest BCUT2D eigenvalue weighted by Crippen LogP contribution is 2.28. The summed E-state index contributed by atoms with van der Waals surface area (Å²) in [7, 11) is -3.67. The molecule has 5 nitrogen and oxygen atoms in total. The van der Waals surface area contributed by atoms with E-state index in [9.17, 15) is 17.6 Å². The number of carbonyl (C=O) groups is 1. The topological polar surface area (TPSA) is 66.5 Å². The van der Waals surface area contributed by atoms with E-state index in [2.05, 4.69) is 33.0 Å². The summed E-state index contributed by atoms with van der Waals surface area (Å²) in [5.41, 5.74) is 5.57. The van der Waals surface area contributed by atoms with E-state index in [4.69, 9.17) is 0 Å². The van der Waals surface area contributed by atoms with Crippen molar-refractivity contribution in [2.24, 2.45) is 0 Å². The van der Waals surface area contributed by atoms with Crippen molar-refractivity contribution >= 4 is 21.5 Å². The Balaban J connectivity index is 1.67. The molecule has 0 spiro atoms. The van der Waals surface area contributed by atoms with Crippen LogP contribution >= 0.6 is 0 Å². The number of hydrogen-bond donors (Lipinski definition) is 1. The fourth-order valence-electron chi connectivity index (χ4n) is 4.60. The van der Waals surface area contributed by atoms with Crippen LogP contribution in [0.2, 0.25) is 0 Å². The van der Waals surface area contributed by atoms with Crippen LogP contribution in [0.1, 0.15) is 74.4 Å². The molecule has 184 valence electrons. The second-order valence-corrected chi connectivity index (χ2v) is 10.9. The molecule has 0 aliphatic carbocycles. The Morgan fingerprint density at radius 3 is 2.32 bits per heavy atom. The number of piperidine rings is 1. The van der Waals surface area contributed by atoms with Gasteiger partial charge in [0.15, 0.2) is 0 Å². The van der Waals surface area contributed by atoms with Gasteiger partial charge in [0.2, 0.25) is 10.0 Å². The van der Waals surface area contributed by atoms with Gasteiger partial charge in [-0.15, -0.1) is 0 Å². The highest BCUT2D eigenvalue weighted by atomic mass is 32.2. The largest absolute Gasteiger partial charge is 0.349 e. The number of sulfonamides is 1. The first-order valence-corrected chi connectivity index (χ1v) is 13.5. The van der Waals surface area contributed by atoms with Gasteiger partial charge in [-0.1, -0.05) is 31.9 Å². The highest BCUT2D eigenvalue weighted by Gasteiger charge is 2.30. The first-order valence-electron chi connectivity index (χ1n) is 12.0. The van der Waals surface area contributed by atoms with Crippen molar-refractivity contribution in [1.82, 2.24) is 9.62 Å². The second-order valence-electron chi connectivity index (χ2n) is 9.00. The Bertz CT molecular complexity index is 1150. The van der Waals surface area contributed by atoms with Crippen LogP contribution in [0.5, 0.6) is 0 Å². The maximum absolute atomic E-state index is 13.2. The lowest BCUT2D eigenvalue weighted by Crippen LogP contribution is -2.46. The number of benzene rings is 2. The number of aryl methyl sites for hydroxylation is 1. The average molecular weight is 487 g/mol. The zero-order valence-corrected chi connectivity index (χ0v) is 21.3. The van der Waals surface area contributed by atoms with Crippen molar-refractivity contribution in [3.8, 4) is 0 Å². The van der Waals surface area contributed by atoms with Gasteiger partial charge >= 0.3 is 0 Å². The minimum absolute atomic E-state index is 0.0849. The van der Waals surface area contributed by atoms with Crippen LogP contribution in [0.25, 0.3) is 5.57 Å². The van der Waals surface area contributed by atoms with E-state index < -0.39 is 15.8 Å². The molecule has 2 aromatic carbocycles. The van der Waals surface area contributed by atoms with Crippen LogP contribution in [-0.4, -0.2) is 37.8 Å². The van der Waals surface area contributed by atoms with E-state index in [0.29, 0.717) is 31.5 Å². The summed E-state index contributed by atoms with van der Waals surface area (Å²) in [6.45, 7) is 9.18. The summed E-state index contributed by atoms with van der Waals surface area (Å²) in [4.78, 5) is 13.1. The molecule has 1 heterocycles. The third-order valence-corrected chi connectivity index (χ3v) is 8.47. The van der Waals surface area contributed by atoms with Crippen LogP contribution in [-0.2, 0) is 10.0 Å². The molecule has 1 aliphatic rings. The fraction of sp³-hybridized carbons (Fsp3) is 0.444. The summed E-state index contributed by atoms with van der Waals surface area (Å²) in [5.74, 6) is -0.605. The minimum Gasteiger partial charge on any atom is -0.349 e. The summed E-state index contributed by atoms with van der Waals surface area (Å²) in [6.07, 6.45) is 4.10. The standard InChI is InChI=1S/C27H35FN2O3S/c1-5-7-19(3)25(6-2)26-18-21(9-8-20(26)4)27(31)29-23-14-16-30(17-15-23)34(32,33)24-12-10-22(28)11-13-24/h8-13,18,23H,5-7,14-17H2,1-4H3,(H,29,31)/b25-19+. The molecule has 0 radical (unpaired) electrons. The summed E-state index contributed by atoms with van der Waals surface area (Å²) >= 11 is 0. The van der Waals surface area contributed by atoms with Gasteiger partial charge in [0.25, 0.3) is 5.91 Å². The van der Waals surface area contributed by atoms with E-state index >= 15 is 0 Å². The fourth-order valence-corrected chi connectivity index (χ4v) is 6.07. The maximum Gasteiger partial charge on any atom is 0.251 e. The number of hydrogen-bond acceptors (Lipinski definition) is 3. The van der Waals surface area contributed by atoms with Crippen LogP contribution in [0.3, 0.4) is 0 Å². The number of carbonyl (C=O) groups excluding carboxylic acids is 1. The zero-order valence-electron chi connectivity index (χ0n) is 20.5. The molecule has 0 aromatic heterocycles. The van der Waals surface area contributed by atoms with Crippen molar-refractivity contribution in [1.29, 1.82) is 0 Å². The number of amides is 1. The second kappa shape index (κ2) is 11.3. The summed E-state index contributed by atoms with van der Waals surface area (Å²) in [6, 6.07) is 10.6. The van der Waals surface area contributed by atoms with Gasteiger partial charge in [-0.25, -0.2) is 12.8 Å². The maximum atomic E-state index is 13.2. The van der Waals surface area contributed by atoms with E-state index in [0.717, 1.165) is 42.5 Å². The van der Waals surface area contributed by atoms with Crippen LogP contribution in [0.4, 0.5) is 4.39 Å². The molecule has 3 rings (SSSR count). The monoisotopic (exact) mass is 486 g/mol. The quantitative estimate of drug-likeness (QED) is 0.520. The van der Waals surface area contributed by atoms with Crippen LogP contribution in [0, 0.1) is 12.7 Å². The Kier molecular flexibility index (Phi) is 8.66. The third-order valence-electron chi connectivity index (χ3n) is 6.56. The first kappa shape index (κ1) is 26.1. The van der Waals surface area contributed by atoms with E-state index in [1.165, 1.54) is 27.6 Å². The molecule has 1 fully saturated rings. The SMILES string of the molecule is CCC/C(C)=C(\CC)c1cc(C(=O)NC2CCN(S(=O)(=O)c3ccc(F)cc3)CC2)ccc1C. The number of nitrogens with zero attached hydrogens (tertiary/aromatic N) is 1. The molecular formula is C27H35FN2O3S. The van der Waals surface area contributed by atoms with Crippen LogP contribution < -0.4 is 5.32 Å². The number of halogens is 1. The number of allylic oxidation sites excluding steroid dienone is 2. The normalized spacial score (nSPS) is 16.3. The van der Waals surface area contributed by atoms with Gasteiger partial charge in [0, 0.05) is 24.7 Å². The molecule has 0 unspecified atom stereocenters. The van der Waals surface area contributed by atoms with Gasteiger partial charge in [-0.05, 0) is 92.6 Å². The molecule has 0 saturated carbocycles. The van der Waals surface area contributed by atoms with Gasteiger partial charge in [0.1, 0.15) is 5.82 Å². The Labute approximate surface area is 203 Å². The molecule has 1 N–H and O–H groups in total. The Hall–Kier alpha value is -2.51. The molecule has 1 saturated heterocycles. The lowest BCUT2D eigenvalue weighted by atomic mass is 9.91. The van der Waals surface area contributed by atoms with Crippen LogP contribution in [0.15, 0.2) is 52.9 Å². The molecule has 34 heavy (non-hydrogen) atoms. The smallest absolute Gasteiger partial charge is 0.251 e. The van der Waals surface area contributed by atoms with E-state index in [1.807, 2.05) is 18.2 Å². The van der Waals surface area contributed by atoms with Gasteiger partial charge in [-0.2, -0.15) is 4.31 Å². The van der Waals surface area contributed by atoms with Gasteiger partial charge in [-0.3, -0.25) is 4.79 Å². The zero-order chi connectivity index (χ0) is 24.9. The predicted octanol–water partition coefficient (Wildman–Crippen LogP) is 5.70. The molecule has 7 heteroatoms. The molecule has 0 atom stereocenters. The lowest BCUT2D eigenvalue weighted by molar-refractivity contribution is 0.0924. The molecule has 0 bridgehead atoms. The van der Waals surface area contributed by atoms with Crippen molar-refractivity contribution in [3.63, 3.8) is 0 Å². The first-order chi connectivity index (χ1) is 16.2. The van der Waals surface area contributed by atoms with Crippen molar-refractivity contribution in [3.05, 3.63) is 70.5 Å². The highest BCUT2D eigenvalue weighted by molar-refractivity contribution is 7.89. The number of rotatable bonds is 8. The molecular weight excluding hydrogens is 451 g/mol. The number of nitrogens with one attached hydrogen (secondary N) is 1. The van der Waals surface area contributed by atoms with E-state index in [1.54, 1.807) is 0 Å². The third kappa shape index (κ3) is 5.94. The van der Waals surface area contributed by atoms with Crippen molar-refractivity contribution in [2.45, 2.75) is 70.7 Å². The lowest BCUT2D eigenvalue weighted by Gasteiger charge is -2.31. The molecule has 2 aromatic rings. The van der Waals surface area contributed by atoms with E-state index in [-0.39, 0.29) is 16.8 Å². The summed E-state index contributed by atoms with van der Waals surface area (Å²) in [5, 5.41) is 3.09. The van der Waals surface area contributed by atoms with Gasteiger partial charge in [0.05, 0.1) is 4.90 Å². The van der Waals surface area contributed by atoms with Crippen molar-refractivity contribution in [2.75, 3.05) is 13.1 Å². The predicted molar refractivity (Wildman–Crippen MR) is 135 cm³/mol. The molecule has 1 aliphatic heterocycles.